The average molecular weight is 393 g/mol. The van der Waals surface area contributed by atoms with Crippen molar-refractivity contribution in [1.82, 2.24) is 4.98 Å². The summed E-state index contributed by atoms with van der Waals surface area (Å²) in [5, 5.41) is 4.77. The molecule has 0 amide bonds. The molecule has 0 spiro atoms. The number of primary sulfonamides is 1. The van der Waals surface area contributed by atoms with Crippen LogP contribution in [0.4, 0.5) is 0 Å². The summed E-state index contributed by atoms with van der Waals surface area (Å²) in [7, 11) is -3.65. The quantitative estimate of drug-likeness (QED) is 0.630. The first kappa shape index (κ1) is 18.4. The first-order chi connectivity index (χ1) is 11.8. The van der Waals surface area contributed by atoms with E-state index in [2.05, 4.69) is 23.2 Å². The SMILES string of the molecule is Cc1ccc(C(CCSc2nc3cc(C)ccc3s2)S(N)(=O)=O)cc1. The van der Waals surface area contributed by atoms with Crippen molar-refractivity contribution in [3.05, 3.63) is 59.2 Å². The Morgan fingerprint density at radius 3 is 2.48 bits per heavy atom. The fourth-order valence-corrected chi connectivity index (χ4v) is 5.89. The molecule has 0 bridgehead atoms. The van der Waals surface area contributed by atoms with Gasteiger partial charge >= 0.3 is 0 Å². The van der Waals surface area contributed by atoms with Gasteiger partial charge in [-0.25, -0.2) is 18.5 Å². The molecule has 1 aromatic heterocycles. The topological polar surface area (TPSA) is 73.0 Å². The van der Waals surface area contributed by atoms with Crippen molar-refractivity contribution in [3.8, 4) is 0 Å². The summed E-state index contributed by atoms with van der Waals surface area (Å²) < 4.78 is 26.1. The zero-order valence-electron chi connectivity index (χ0n) is 14.1. The number of nitrogens with zero attached hydrogens (tertiary/aromatic N) is 1. The molecule has 0 aliphatic carbocycles. The number of fused-ring (bicyclic) bond motifs is 1. The molecule has 2 N–H and O–H groups in total. The molecule has 1 atom stereocenters. The lowest BCUT2D eigenvalue weighted by Crippen LogP contribution is -2.22. The number of benzene rings is 2. The second-order valence-electron chi connectivity index (χ2n) is 6.08. The highest BCUT2D eigenvalue weighted by atomic mass is 32.2. The van der Waals surface area contributed by atoms with Gasteiger partial charge in [-0.05, 0) is 43.5 Å². The summed E-state index contributed by atoms with van der Waals surface area (Å²) in [6.45, 7) is 4.02. The van der Waals surface area contributed by atoms with Crippen LogP contribution >= 0.6 is 23.1 Å². The van der Waals surface area contributed by atoms with Crippen LogP contribution in [0.2, 0.25) is 0 Å². The molecule has 2 aromatic carbocycles. The zero-order valence-corrected chi connectivity index (χ0v) is 16.5. The summed E-state index contributed by atoms with van der Waals surface area (Å²) in [4.78, 5) is 4.62. The number of rotatable bonds is 6. The Balaban J connectivity index is 1.71. The number of hydrogen-bond donors (Lipinski definition) is 1. The van der Waals surface area contributed by atoms with Crippen LogP contribution in [-0.4, -0.2) is 19.2 Å². The fraction of sp³-hybridized carbons (Fsp3) is 0.278. The summed E-state index contributed by atoms with van der Waals surface area (Å²) >= 11 is 3.22. The van der Waals surface area contributed by atoms with Crippen LogP contribution in [0.25, 0.3) is 10.2 Å². The molecule has 0 aliphatic heterocycles. The Morgan fingerprint density at radius 2 is 1.80 bits per heavy atom. The van der Waals surface area contributed by atoms with Crippen molar-refractivity contribution < 1.29 is 8.42 Å². The van der Waals surface area contributed by atoms with E-state index >= 15 is 0 Å². The smallest absolute Gasteiger partial charge is 0.216 e. The van der Waals surface area contributed by atoms with Crippen LogP contribution in [0.3, 0.4) is 0 Å². The van der Waals surface area contributed by atoms with E-state index in [0.717, 1.165) is 25.7 Å². The standard InChI is InChI=1S/C18H20N2O2S3/c1-12-3-6-14(7-4-12)17(25(19,21)22)9-10-23-18-20-15-11-13(2)5-8-16(15)24-18/h3-8,11,17H,9-10H2,1-2H3,(H2,19,21,22). The summed E-state index contributed by atoms with van der Waals surface area (Å²) in [5.74, 6) is 0.647. The van der Waals surface area contributed by atoms with Crippen molar-refractivity contribution in [2.45, 2.75) is 29.9 Å². The predicted octanol–water partition coefficient (Wildman–Crippen LogP) is 4.43. The highest BCUT2D eigenvalue weighted by molar-refractivity contribution is 8.01. The third-order valence-electron chi connectivity index (χ3n) is 3.97. The van der Waals surface area contributed by atoms with Crippen molar-refractivity contribution in [2.24, 2.45) is 5.14 Å². The number of sulfonamides is 1. The first-order valence-corrected chi connectivity index (χ1v) is 11.3. The van der Waals surface area contributed by atoms with Crippen molar-refractivity contribution in [3.63, 3.8) is 0 Å². The molecule has 0 fully saturated rings. The Bertz CT molecular complexity index is 979. The molecule has 0 radical (unpaired) electrons. The minimum Gasteiger partial charge on any atom is -0.230 e. The first-order valence-electron chi connectivity index (χ1n) is 7.91. The van der Waals surface area contributed by atoms with Gasteiger partial charge in [-0.15, -0.1) is 11.3 Å². The molecule has 0 aliphatic rings. The molecule has 25 heavy (non-hydrogen) atoms. The van der Waals surface area contributed by atoms with Gasteiger partial charge < -0.3 is 0 Å². The number of thiazole rings is 1. The lowest BCUT2D eigenvalue weighted by atomic mass is 10.1. The number of aryl methyl sites for hydroxylation is 2. The number of hydrogen-bond acceptors (Lipinski definition) is 5. The van der Waals surface area contributed by atoms with Gasteiger partial charge in [0.1, 0.15) is 5.25 Å². The van der Waals surface area contributed by atoms with E-state index < -0.39 is 15.3 Å². The maximum absolute atomic E-state index is 12.0. The van der Waals surface area contributed by atoms with E-state index in [9.17, 15) is 8.42 Å². The van der Waals surface area contributed by atoms with Gasteiger partial charge in [-0.3, -0.25) is 0 Å². The molecule has 132 valence electrons. The maximum Gasteiger partial charge on any atom is 0.216 e. The lowest BCUT2D eigenvalue weighted by molar-refractivity contribution is 0.581. The summed E-state index contributed by atoms with van der Waals surface area (Å²) in [6.07, 6.45) is 0.460. The summed E-state index contributed by atoms with van der Waals surface area (Å²) in [6, 6.07) is 13.7. The third-order valence-corrected chi connectivity index (χ3v) is 7.49. The Morgan fingerprint density at radius 1 is 1.12 bits per heavy atom. The fourth-order valence-electron chi connectivity index (χ4n) is 2.63. The van der Waals surface area contributed by atoms with Crippen LogP contribution in [0, 0.1) is 13.8 Å². The highest BCUT2D eigenvalue weighted by Crippen LogP contribution is 2.33. The molecule has 1 heterocycles. The van der Waals surface area contributed by atoms with Crippen molar-refractivity contribution in [2.75, 3.05) is 5.75 Å². The van der Waals surface area contributed by atoms with Crippen LogP contribution in [0.1, 0.15) is 28.4 Å². The van der Waals surface area contributed by atoms with Gasteiger partial charge in [0.25, 0.3) is 0 Å². The van der Waals surface area contributed by atoms with Crippen molar-refractivity contribution in [1.29, 1.82) is 0 Å². The molecular formula is C18H20N2O2S3. The second kappa shape index (κ2) is 7.45. The number of aromatic nitrogens is 1. The van der Waals surface area contributed by atoms with E-state index in [-0.39, 0.29) is 0 Å². The van der Waals surface area contributed by atoms with E-state index in [1.54, 1.807) is 23.1 Å². The Hall–Kier alpha value is -1.41. The van der Waals surface area contributed by atoms with Gasteiger partial charge in [0.15, 0.2) is 4.34 Å². The van der Waals surface area contributed by atoms with Gasteiger partial charge in [0, 0.05) is 5.75 Å². The van der Waals surface area contributed by atoms with E-state index in [1.807, 2.05) is 38.1 Å². The Kier molecular flexibility index (Phi) is 5.48. The van der Waals surface area contributed by atoms with E-state index in [1.165, 1.54) is 5.56 Å². The molecule has 0 saturated heterocycles. The molecule has 3 aromatic rings. The van der Waals surface area contributed by atoms with Crippen molar-refractivity contribution >= 4 is 43.3 Å². The average Bonchev–Trinajstić information content (AvgIpc) is 2.93. The van der Waals surface area contributed by atoms with E-state index in [0.29, 0.717) is 12.2 Å². The predicted molar refractivity (Wildman–Crippen MR) is 107 cm³/mol. The van der Waals surface area contributed by atoms with Gasteiger partial charge in [0.2, 0.25) is 10.0 Å². The normalized spacial score (nSPS) is 13.2. The third kappa shape index (κ3) is 4.61. The van der Waals surface area contributed by atoms with Gasteiger partial charge in [0.05, 0.1) is 10.2 Å². The van der Waals surface area contributed by atoms with Crippen LogP contribution in [0.15, 0.2) is 46.8 Å². The molecule has 7 heteroatoms. The molecule has 4 nitrogen and oxygen atoms in total. The number of thioether (sulfide) groups is 1. The van der Waals surface area contributed by atoms with Crippen LogP contribution < -0.4 is 5.14 Å². The Labute approximate surface area is 156 Å². The van der Waals surface area contributed by atoms with Crippen LogP contribution in [0.5, 0.6) is 0 Å². The second-order valence-corrected chi connectivity index (χ2v) is 10.2. The molecule has 3 rings (SSSR count). The van der Waals surface area contributed by atoms with Crippen LogP contribution in [-0.2, 0) is 10.0 Å². The van der Waals surface area contributed by atoms with E-state index in [4.69, 9.17) is 5.14 Å². The summed E-state index contributed by atoms with van der Waals surface area (Å²) in [5.41, 5.74) is 4.02. The maximum atomic E-state index is 12.0. The highest BCUT2D eigenvalue weighted by Gasteiger charge is 2.23. The monoisotopic (exact) mass is 392 g/mol. The molecule has 0 saturated carbocycles. The molecular weight excluding hydrogens is 372 g/mol. The largest absolute Gasteiger partial charge is 0.230 e. The van der Waals surface area contributed by atoms with Gasteiger partial charge in [-0.2, -0.15) is 0 Å². The van der Waals surface area contributed by atoms with Gasteiger partial charge in [-0.1, -0.05) is 47.7 Å². The minimum atomic E-state index is -3.65. The number of nitrogens with two attached hydrogens (primary N) is 1. The lowest BCUT2D eigenvalue weighted by Gasteiger charge is -2.15. The minimum absolute atomic E-state index is 0.460. The molecule has 1 unspecified atom stereocenters. The zero-order chi connectivity index (χ0) is 18.0.